The van der Waals surface area contributed by atoms with Crippen molar-refractivity contribution in [3.63, 3.8) is 0 Å². The van der Waals surface area contributed by atoms with Gasteiger partial charge in [-0.2, -0.15) is 10.1 Å². The SMILES string of the molecule is COc1ncc(-c2cc([C@H]3C[C@]3(C)c3cccc4cnccc34)c3nccn3n2)c(OC)n1. The van der Waals surface area contributed by atoms with Crippen LogP contribution >= 0.6 is 0 Å². The fourth-order valence-electron chi connectivity index (χ4n) is 4.85. The van der Waals surface area contributed by atoms with Crippen molar-refractivity contribution >= 4 is 16.4 Å². The Hall–Kier alpha value is -4.07. The first-order valence-electron chi connectivity index (χ1n) is 10.8. The van der Waals surface area contributed by atoms with Crippen LogP contribution in [0, 0.1) is 0 Å². The van der Waals surface area contributed by atoms with Gasteiger partial charge in [0, 0.05) is 47.3 Å². The van der Waals surface area contributed by atoms with E-state index in [0.717, 1.165) is 28.7 Å². The Morgan fingerprint density at radius 1 is 1.06 bits per heavy atom. The molecule has 0 bridgehead atoms. The largest absolute Gasteiger partial charge is 0.480 e. The van der Waals surface area contributed by atoms with E-state index in [1.807, 2.05) is 23.1 Å². The monoisotopic (exact) mass is 438 g/mol. The van der Waals surface area contributed by atoms with Crippen LogP contribution < -0.4 is 9.47 Å². The molecule has 1 saturated carbocycles. The summed E-state index contributed by atoms with van der Waals surface area (Å²) in [5.74, 6) is 0.716. The normalized spacial score (nSPS) is 19.7. The number of benzene rings is 1. The zero-order chi connectivity index (χ0) is 22.6. The van der Waals surface area contributed by atoms with E-state index in [1.165, 1.54) is 18.1 Å². The maximum absolute atomic E-state index is 5.51. The van der Waals surface area contributed by atoms with Gasteiger partial charge in [0.25, 0.3) is 0 Å². The van der Waals surface area contributed by atoms with Crippen LogP contribution in [0.5, 0.6) is 11.9 Å². The van der Waals surface area contributed by atoms with Crippen molar-refractivity contribution in [3.05, 3.63) is 72.4 Å². The second-order valence-electron chi connectivity index (χ2n) is 8.54. The lowest BCUT2D eigenvalue weighted by atomic mass is 9.89. The van der Waals surface area contributed by atoms with Crippen LogP contribution in [-0.4, -0.2) is 43.8 Å². The first-order valence-corrected chi connectivity index (χ1v) is 10.8. The standard InChI is InChI=1S/C25H22N6O2/c1-25(19-6-4-5-15-13-26-8-7-16(15)19)12-20(25)17-11-21(30-31-10-9-27-22(17)31)18-14-28-24(33-3)29-23(18)32-2/h4-11,13-14,20H,12H2,1-3H3/t20-,25-/m1/s1. The van der Waals surface area contributed by atoms with Crippen LogP contribution in [0.4, 0.5) is 0 Å². The fraction of sp³-hybridized carbons (Fsp3) is 0.240. The quantitative estimate of drug-likeness (QED) is 0.406. The lowest BCUT2D eigenvalue weighted by molar-refractivity contribution is 0.353. The molecule has 0 radical (unpaired) electrons. The van der Waals surface area contributed by atoms with Gasteiger partial charge in [-0.15, -0.1) is 0 Å². The number of rotatable bonds is 5. The van der Waals surface area contributed by atoms with E-state index in [9.17, 15) is 0 Å². The van der Waals surface area contributed by atoms with Crippen LogP contribution in [0.25, 0.3) is 27.7 Å². The Balaban J connectivity index is 1.49. The molecule has 0 amide bonds. The molecule has 5 aromatic rings. The predicted molar refractivity (Wildman–Crippen MR) is 124 cm³/mol. The Morgan fingerprint density at radius 3 is 2.82 bits per heavy atom. The number of pyridine rings is 1. The van der Waals surface area contributed by atoms with Crippen LogP contribution in [0.3, 0.4) is 0 Å². The predicted octanol–water partition coefficient (Wildman–Crippen LogP) is 4.20. The van der Waals surface area contributed by atoms with Crippen molar-refractivity contribution in [2.45, 2.75) is 24.7 Å². The van der Waals surface area contributed by atoms with Gasteiger partial charge in [-0.1, -0.05) is 25.1 Å². The number of hydrogen-bond donors (Lipinski definition) is 0. The molecule has 2 atom stereocenters. The third kappa shape index (κ3) is 3.01. The van der Waals surface area contributed by atoms with E-state index in [-0.39, 0.29) is 11.4 Å². The molecule has 33 heavy (non-hydrogen) atoms. The van der Waals surface area contributed by atoms with Crippen LogP contribution in [0.1, 0.15) is 30.4 Å². The van der Waals surface area contributed by atoms with E-state index in [2.05, 4.69) is 57.2 Å². The molecule has 1 aromatic carbocycles. The number of hydrogen-bond acceptors (Lipinski definition) is 7. The zero-order valence-corrected chi connectivity index (χ0v) is 18.6. The summed E-state index contributed by atoms with van der Waals surface area (Å²) in [6.45, 7) is 2.32. The second kappa shape index (κ2) is 7.23. The molecule has 4 heterocycles. The van der Waals surface area contributed by atoms with Gasteiger partial charge in [-0.25, -0.2) is 14.5 Å². The van der Waals surface area contributed by atoms with Gasteiger partial charge < -0.3 is 9.47 Å². The Bertz CT molecular complexity index is 1510. The van der Waals surface area contributed by atoms with Gasteiger partial charge in [-0.05, 0) is 35.4 Å². The molecule has 1 fully saturated rings. The molecule has 0 saturated heterocycles. The third-order valence-electron chi connectivity index (χ3n) is 6.68. The Morgan fingerprint density at radius 2 is 1.97 bits per heavy atom. The van der Waals surface area contributed by atoms with Crippen molar-refractivity contribution in [2.75, 3.05) is 14.2 Å². The second-order valence-corrected chi connectivity index (χ2v) is 8.54. The summed E-state index contributed by atoms with van der Waals surface area (Å²) in [6, 6.07) is 10.9. The van der Waals surface area contributed by atoms with Gasteiger partial charge in [-0.3, -0.25) is 4.98 Å². The van der Waals surface area contributed by atoms with Crippen molar-refractivity contribution < 1.29 is 9.47 Å². The average Bonchev–Trinajstić information content (AvgIpc) is 3.32. The van der Waals surface area contributed by atoms with Crippen molar-refractivity contribution in [1.29, 1.82) is 0 Å². The minimum absolute atomic E-state index is 0.00752. The first kappa shape index (κ1) is 19.6. The minimum atomic E-state index is -0.00752. The molecule has 8 nitrogen and oxygen atoms in total. The highest BCUT2D eigenvalue weighted by atomic mass is 16.5. The highest BCUT2D eigenvalue weighted by Crippen LogP contribution is 2.62. The van der Waals surface area contributed by atoms with Gasteiger partial charge in [0.05, 0.1) is 25.5 Å². The number of fused-ring (bicyclic) bond motifs is 2. The van der Waals surface area contributed by atoms with E-state index < -0.39 is 0 Å². The molecule has 0 aliphatic heterocycles. The molecule has 0 spiro atoms. The fourth-order valence-corrected chi connectivity index (χ4v) is 4.85. The van der Waals surface area contributed by atoms with Crippen LogP contribution in [-0.2, 0) is 5.41 Å². The maximum atomic E-state index is 5.51. The summed E-state index contributed by atoms with van der Waals surface area (Å²) in [5, 5.41) is 7.16. The highest BCUT2D eigenvalue weighted by molar-refractivity contribution is 5.87. The molecular formula is C25H22N6O2. The van der Waals surface area contributed by atoms with Crippen LogP contribution in [0.2, 0.25) is 0 Å². The van der Waals surface area contributed by atoms with E-state index >= 15 is 0 Å². The molecular weight excluding hydrogens is 416 g/mol. The average molecular weight is 438 g/mol. The minimum Gasteiger partial charge on any atom is -0.480 e. The van der Waals surface area contributed by atoms with Crippen molar-refractivity contribution in [1.82, 2.24) is 29.5 Å². The lowest BCUT2D eigenvalue weighted by Crippen LogP contribution is -2.07. The zero-order valence-electron chi connectivity index (χ0n) is 18.6. The number of aromatic nitrogens is 6. The summed E-state index contributed by atoms with van der Waals surface area (Å²) >= 11 is 0. The summed E-state index contributed by atoms with van der Waals surface area (Å²) in [5.41, 5.74) is 4.77. The summed E-state index contributed by atoms with van der Waals surface area (Å²) in [4.78, 5) is 17.5. The van der Waals surface area contributed by atoms with Crippen molar-refractivity contribution in [3.8, 4) is 23.1 Å². The van der Waals surface area contributed by atoms with E-state index in [4.69, 9.17) is 14.6 Å². The highest BCUT2D eigenvalue weighted by Gasteiger charge is 2.53. The molecule has 6 rings (SSSR count). The smallest absolute Gasteiger partial charge is 0.319 e. The molecule has 0 unspecified atom stereocenters. The van der Waals surface area contributed by atoms with Gasteiger partial charge in [0.1, 0.15) is 0 Å². The summed E-state index contributed by atoms with van der Waals surface area (Å²) in [7, 11) is 3.11. The molecule has 4 aromatic heterocycles. The Kier molecular flexibility index (Phi) is 4.29. The van der Waals surface area contributed by atoms with E-state index in [0.29, 0.717) is 17.4 Å². The lowest BCUT2D eigenvalue weighted by Gasteiger charge is -2.16. The topological polar surface area (TPSA) is 87.3 Å². The summed E-state index contributed by atoms with van der Waals surface area (Å²) in [6.07, 6.45) is 10.1. The van der Waals surface area contributed by atoms with Gasteiger partial charge in [0.2, 0.25) is 5.88 Å². The molecule has 8 heteroatoms. The molecule has 164 valence electrons. The third-order valence-corrected chi connectivity index (χ3v) is 6.68. The van der Waals surface area contributed by atoms with Crippen molar-refractivity contribution in [2.24, 2.45) is 0 Å². The number of imidazole rings is 1. The van der Waals surface area contributed by atoms with Gasteiger partial charge >= 0.3 is 6.01 Å². The molecule has 1 aliphatic rings. The first-order chi connectivity index (χ1) is 16.1. The van der Waals surface area contributed by atoms with Gasteiger partial charge in [0.15, 0.2) is 5.65 Å². The number of nitrogens with zero attached hydrogens (tertiary/aromatic N) is 6. The maximum Gasteiger partial charge on any atom is 0.319 e. The number of ether oxygens (including phenoxy) is 2. The van der Waals surface area contributed by atoms with E-state index in [1.54, 1.807) is 19.5 Å². The molecule has 0 N–H and O–H groups in total. The number of methoxy groups -OCH3 is 2. The Labute approximate surface area is 190 Å². The van der Waals surface area contributed by atoms with Crippen LogP contribution in [0.15, 0.2) is 61.3 Å². The molecule has 1 aliphatic carbocycles. The summed E-state index contributed by atoms with van der Waals surface area (Å²) < 4.78 is 12.5.